The smallest absolute Gasteiger partial charge is 0.0695 e. The molecule has 2 radical (unpaired) electrons. The summed E-state index contributed by atoms with van der Waals surface area (Å²) in [5.41, 5.74) is -0.0712. The lowest BCUT2D eigenvalue weighted by Gasteiger charge is -2.28. The second-order valence-electron chi connectivity index (χ2n) is 2.64. The number of hydrogen-bond donors (Lipinski definition) is 0. The Hall–Kier alpha value is -0.0400. The Morgan fingerprint density at radius 1 is 1.50 bits per heavy atom. The van der Waals surface area contributed by atoms with Crippen molar-refractivity contribution in [3.63, 3.8) is 0 Å². The molecular weight excluding hydrogens is 100 g/mol. The van der Waals surface area contributed by atoms with Gasteiger partial charge >= 0.3 is 0 Å². The van der Waals surface area contributed by atoms with Gasteiger partial charge in [0.25, 0.3) is 0 Å². The first-order valence-electron chi connectivity index (χ1n) is 3.10. The van der Waals surface area contributed by atoms with Crippen LogP contribution in [-0.2, 0) is 4.74 Å². The Kier molecular flexibility index (Phi) is 1.57. The van der Waals surface area contributed by atoms with Crippen LogP contribution in [0.25, 0.3) is 0 Å². The molecule has 0 saturated carbocycles. The molecule has 46 valence electrons. The van der Waals surface area contributed by atoms with Crippen LogP contribution in [0.1, 0.15) is 26.7 Å². The molecule has 8 heavy (non-hydrogen) atoms. The Morgan fingerprint density at radius 3 is 2.50 bits per heavy atom. The van der Waals surface area contributed by atoms with E-state index in [4.69, 9.17) is 4.74 Å². The van der Waals surface area contributed by atoms with Crippen molar-refractivity contribution < 1.29 is 4.74 Å². The van der Waals surface area contributed by atoms with E-state index in [1.807, 2.05) is 13.8 Å². The molecule has 0 aromatic rings. The third kappa shape index (κ3) is 1.48. The minimum atomic E-state index is -0.0712. The molecule has 0 aromatic carbocycles. The molecule has 0 N–H and O–H groups in total. The summed E-state index contributed by atoms with van der Waals surface area (Å²) in [6, 6.07) is 0. The van der Waals surface area contributed by atoms with Crippen molar-refractivity contribution in [1.82, 2.24) is 0 Å². The van der Waals surface area contributed by atoms with Crippen molar-refractivity contribution >= 4 is 0 Å². The van der Waals surface area contributed by atoms with Crippen LogP contribution in [0, 0.1) is 6.42 Å². The molecule has 1 saturated heterocycles. The monoisotopic (exact) mass is 112 g/mol. The lowest BCUT2D eigenvalue weighted by molar-refractivity contribution is -0.0159. The highest BCUT2D eigenvalue weighted by molar-refractivity contribution is 4.88. The molecule has 0 aromatic heterocycles. The lowest BCUT2D eigenvalue weighted by Crippen LogP contribution is -2.29. The first-order valence-corrected chi connectivity index (χ1v) is 3.10. The van der Waals surface area contributed by atoms with Crippen LogP contribution < -0.4 is 0 Å². The molecule has 1 rings (SSSR count). The zero-order chi connectivity index (χ0) is 6.04. The predicted molar refractivity (Wildman–Crippen MR) is 32.5 cm³/mol. The molecule has 0 unspecified atom stereocenters. The maximum absolute atomic E-state index is 5.35. The summed E-state index contributed by atoms with van der Waals surface area (Å²) in [6.45, 7) is 5.00. The zero-order valence-corrected chi connectivity index (χ0v) is 5.53. The largest absolute Gasteiger partial charge is 0.375 e. The van der Waals surface area contributed by atoms with E-state index in [0.29, 0.717) is 0 Å². The third-order valence-corrected chi connectivity index (χ3v) is 1.33. The molecule has 0 bridgehead atoms. The van der Waals surface area contributed by atoms with Crippen molar-refractivity contribution in [3.8, 4) is 0 Å². The summed E-state index contributed by atoms with van der Waals surface area (Å²) in [4.78, 5) is 0. The second-order valence-corrected chi connectivity index (χ2v) is 2.64. The Morgan fingerprint density at radius 2 is 2.25 bits per heavy atom. The quantitative estimate of drug-likeness (QED) is 0.463. The van der Waals surface area contributed by atoms with Crippen LogP contribution in [0.4, 0.5) is 0 Å². The van der Waals surface area contributed by atoms with Gasteiger partial charge in [0.1, 0.15) is 0 Å². The zero-order valence-electron chi connectivity index (χ0n) is 5.53. The molecule has 1 heteroatoms. The molecule has 0 spiro atoms. The van der Waals surface area contributed by atoms with Gasteiger partial charge in [0.15, 0.2) is 0 Å². The van der Waals surface area contributed by atoms with E-state index in [2.05, 4.69) is 6.42 Å². The summed E-state index contributed by atoms with van der Waals surface area (Å²) < 4.78 is 5.35. The van der Waals surface area contributed by atoms with Crippen molar-refractivity contribution in [1.29, 1.82) is 0 Å². The highest BCUT2D eigenvalue weighted by Crippen LogP contribution is 2.21. The normalized spacial score (nSPS) is 27.8. The number of hydrogen-bond acceptors (Lipinski definition) is 1. The molecule has 1 fully saturated rings. The fourth-order valence-corrected chi connectivity index (χ4v) is 0.840. The van der Waals surface area contributed by atoms with Crippen molar-refractivity contribution in [2.75, 3.05) is 6.61 Å². The minimum absolute atomic E-state index is 0.0712. The molecule has 0 atom stereocenters. The molecule has 1 aliphatic rings. The van der Waals surface area contributed by atoms with Crippen LogP contribution >= 0.6 is 0 Å². The van der Waals surface area contributed by atoms with Gasteiger partial charge < -0.3 is 4.74 Å². The van der Waals surface area contributed by atoms with Gasteiger partial charge in [-0.2, -0.15) is 0 Å². The molecule has 1 nitrogen and oxygen atoms in total. The predicted octanol–water partition coefficient (Wildman–Crippen LogP) is 1.66. The van der Waals surface area contributed by atoms with E-state index in [1.54, 1.807) is 0 Å². The number of rotatable bonds is 0. The van der Waals surface area contributed by atoms with Gasteiger partial charge in [-0.1, -0.05) is 0 Å². The highest BCUT2D eigenvalue weighted by atomic mass is 16.5. The van der Waals surface area contributed by atoms with Crippen LogP contribution in [-0.4, -0.2) is 12.2 Å². The van der Waals surface area contributed by atoms with Gasteiger partial charge in [0, 0.05) is 13.0 Å². The average Bonchev–Trinajstić information content (AvgIpc) is 1.65. The first kappa shape index (κ1) is 6.09. The molecule has 1 heterocycles. The highest BCUT2D eigenvalue weighted by Gasteiger charge is 2.21. The van der Waals surface area contributed by atoms with Gasteiger partial charge in [-0.15, -0.1) is 0 Å². The topological polar surface area (TPSA) is 9.23 Å². The fourth-order valence-electron chi connectivity index (χ4n) is 0.840. The molecule has 0 aliphatic carbocycles. The standard InChI is InChI=1S/C7H12O/c1-7(2)5-3-4-6-8-7/h3-4,6H2,1-2H3. The fraction of sp³-hybridized carbons (Fsp3) is 0.857. The van der Waals surface area contributed by atoms with E-state index in [1.165, 1.54) is 0 Å². The Labute approximate surface area is 51.0 Å². The lowest BCUT2D eigenvalue weighted by atomic mass is 9.99. The van der Waals surface area contributed by atoms with Crippen LogP contribution in [0.5, 0.6) is 0 Å². The van der Waals surface area contributed by atoms with E-state index < -0.39 is 0 Å². The summed E-state index contributed by atoms with van der Waals surface area (Å²) >= 11 is 0. The molecular formula is C7H12O. The molecule has 1 aliphatic heterocycles. The van der Waals surface area contributed by atoms with Crippen molar-refractivity contribution in [3.05, 3.63) is 6.42 Å². The van der Waals surface area contributed by atoms with Crippen LogP contribution in [0.15, 0.2) is 0 Å². The van der Waals surface area contributed by atoms with E-state index in [9.17, 15) is 0 Å². The van der Waals surface area contributed by atoms with Gasteiger partial charge in [0.05, 0.1) is 5.60 Å². The maximum Gasteiger partial charge on any atom is 0.0695 e. The Bertz CT molecular complexity index is 68.5. The second kappa shape index (κ2) is 2.06. The van der Waals surface area contributed by atoms with Gasteiger partial charge in [-0.3, -0.25) is 0 Å². The first-order chi connectivity index (χ1) is 3.71. The van der Waals surface area contributed by atoms with E-state index in [-0.39, 0.29) is 5.60 Å². The summed E-state index contributed by atoms with van der Waals surface area (Å²) in [5.74, 6) is 0. The summed E-state index contributed by atoms with van der Waals surface area (Å²) in [7, 11) is 0. The van der Waals surface area contributed by atoms with Crippen molar-refractivity contribution in [2.45, 2.75) is 32.3 Å². The SMILES string of the molecule is CC1(C)[C]CCCO1. The minimum Gasteiger partial charge on any atom is -0.375 e. The van der Waals surface area contributed by atoms with E-state index >= 15 is 0 Å². The van der Waals surface area contributed by atoms with Gasteiger partial charge in [-0.05, 0) is 26.7 Å². The number of ether oxygens (including phenoxy) is 1. The average molecular weight is 112 g/mol. The van der Waals surface area contributed by atoms with Gasteiger partial charge in [-0.25, -0.2) is 0 Å². The molecule has 0 amide bonds. The summed E-state index contributed by atoms with van der Waals surface area (Å²) in [5, 5.41) is 0. The van der Waals surface area contributed by atoms with Gasteiger partial charge in [0.2, 0.25) is 0 Å². The van der Waals surface area contributed by atoms with Crippen molar-refractivity contribution in [2.24, 2.45) is 0 Å². The third-order valence-electron chi connectivity index (χ3n) is 1.33. The Balaban J connectivity index is 2.33. The van der Waals surface area contributed by atoms with E-state index in [0.717, 1.165) is 19.4 Å². The van der Waals surface area contributed by atoms with Crippen LogP contribution in [0.3, 0.4) is 0 Å². The maximum atomic E-state index is 5.35. The van der Waals surface area contributed by atoms with Crippen LogP contribution in [0.2, 0.25) is 0 Å². The summed E-state index contributed by atoms with van der Waals surface area (Å²) in [6.07, 6.45) is 5.47.